The van der Waals surface area contributed by atoms with Crippen LogP contribution < -0.4 is 15.0 Å². The van der Waals surface area contributed by atoms with Crippen molar-refractivity contribution in [2.75, 3.05) is 11.5 Å². The lowest BCUT2D eigenvalue weighted by Gasteiger charge is -2.26. The van der Waals surface area contributed by atoms with Crippen LogP contribution in [0.2, 0.25) is 5.02 Å². The number of barbiturate groups is 1. The van der Waals surface area contributed by atoms with Crippen molar-refractivity contribution in [2.24, 2.45) is 0 Å². The third-order valence-electron chi connectivity index (χ3n) is 3.70. The van der Waals surface area contributed by atoms with Gasteiger partial charge in [0.25, 0.3) is 11.8 Å². The molecule has 0 unspecified atom stereocenters. The van der Waals surface area contributed by atoms with Crippen LogP contribution in [0.3, 0.4) is 0 Å². The fourth-order valence-corrected chi connectivity index (χ4v) is 3.18. The number of carbonyl (C=O) groups is 3. The Balaban J connectivity index is 2.00. The van der Waals surface area contributed by atoms with Crippen molar-refractivity contribution >= 4 is 57.1 Å². The fraction of sp³-hybridized carbons (Fsp3) is 0.105. The zero-order chi connectivity index (χ0) is 19.6. The predicted octanol–water partition coefficient (Wildman–Crippen LogP) is 4.17. The summed E-state index contributed by atoms with van der Waals surface area (Å²) >= 11 is 9.22. The van der Waals surface area contributed by atoms with E-state index in [1.807, 2.05) is 6.92 Å². The van der Waals surface area contributed by atoms with E-state index in [2.05, 4.69) is 21.2 Å². The van der Waals surface area contributed by atoms with E-state index < -0.39 is 17.8 Å². The van der Waals surface area contributed by atoms with Gasteiger partial charge in [-0.25, -0.2) is 9.69 Å². The quantitative estimate of drug-likeness (QED) is 0.561. The maximum atomic E-state index is 12.8. The van der Waals surface area contributed by atoms with E-state index in [0.717, 1.165) is 9.37 Å². The van der Waals surface area contributed by atoms with Crippen molar-refractivity contribution in [3.63, 3.8) is 0 Å². The van der Waals surface area contributed by atoms with Crippen molar-refractivity contribution in [3.05, 3.63) is 63.1 Å². The van der Waals surface area contributed by atoms with Gasteiger partial charge in [-0.2, -0.15) is 0 Å². The number of amides is 4. The molecule has 1 fully saturated rings. The Morgan fingerprint density at radius 3 is 2.52 bits per heavy atom. The molecule has 27 heavy (non-hydrogen) atoms. The van der Waals surface area contributed by atoms with Gasteiger partial charge in [-0.1, -0.05) is 27.5 Å². The molecule has 4 amide bonds. The van der Waals surface area contributed by atoms with Crippen LogP contribution in [-0.4, -0.2) is 24.5 Å². The van der Waals surface area contributed by atoms with Gasteiger partial charge in [0.05, 0.1) is 12.3 Å². The largest absolute Gasteiger partial charge is 0.494 e. The van der Waals surface area contributed by atoms with Crippen molar-refractivity contribution < 1.29 is 19.1 Å². The summed E-state index contributed by atoms with van der Waals surface area (Å²) in [4.78, 5) is 38.1. The molecule has 0 atom stereocenters. The summed E-state index contributed by atoms with van der Waals surface area (Å²) in [6.45, 7) is 2.33. The van der Waals surface area contributed by atoms with Gasteiger partial charge in [0, 0.05) is 9.50 Å². The molecule has 2 aromatic rings. The number of ether oxygens (including phenoxy) is 1. The van der Waals surface area contributed by atoms with E-state index >= 15 is 0 Å². The normalized spacial score (nSPS) is 15.9. The number of hydrogen-bond donors (Lipinski definition) is 1. The summed E-state index contributed by atoms with van der Waals surface area (Å²) in [6, 6.07) is 10.6. The van der Waals surface area contributed by atoms with Crippen molar-refractivity contribution in [2.45, 2.75) is 6.92 Å². The maximum absolute atomic E-state index is 12.8. The number of nitrogens with zero attached hydrogens (tertiary/aromatic N) is 1. The summed E-state index contributed by atoms with van der Waals surface area (Å²) in [5.74, 6) is -0.884. The Morgan fingerprint density at radius 2 is 1.85 bits per heavy atom. The molecule has 0 spiro atoms. The van der Waals surface area contributed by atoms with Crippen LogP contribution in [0.1, 0.15) is 12.5 Å². The standard InChI is InChI=1S/C19H14BrClN2O4/c1-2-27-15-8-11(7-12(20)10-15)9-16-17(24)22-19(26)23(18(16)25)14-5-3-13(21)4-6-14/h3-10H,2H2,1H3,(H,22,24,26)/b16-9+. The molecular weight excluding hydrogens is 436 g/mol. The third-order valence-corrected chi connectivity index (χ3v) is 4.41. The Kier molecular flexibility index (Phi) is 5.62. The minimum absolute atomic E-state index is 0.162. The second kappa shape index (κ2) is 7.94. The van der Waals surface area contributed by atoms with Gasteiger partial charge in [-0.05, 0) is 61.0 Å². The highest BCUT2D eigenvalue weighted by molar-refractivity contribution is 9.10. The summed E-state index contributed by atoms with van der Waals surface area (Å²) in [7, 11) is 0. The highest BCUT2D eigenvalue weighted by Crippen LogP contribution is 2.26. The second-order valence-corrected chi connectivity index (χ2v) is 6.94. The SMILES string of the molecule is CCOc1cc(Br)cc(/C=C2\C(=O)NC(=O)N(c3ccc(Cl)cc3)C2=O)c1. The van der Waals surface area contributed by atoms with E-state index in [0.29, 0.717) is 28.6 Å². The summed E-state index contributed by atoms with van der Waals surface area (Å²) in [6.07, 6.45) is 1.42. The average Bonchev–Trinajstić information content (AvgIpc) is 2.60. The number of benzene rings is 2. The smallest absolute Gasteiger partial charge is 0.335 e. The third kappa shape index (κ3) is 4.20. The molecule has 0 aliphatic carbocycles. The molecule has 3 rings (SSSR count). The lowest BCUT2D eigenvalue weighted by atomic mass is 10.1. The Morgan fingerprint density at radius 1 is 1.15 bits per heavy atom. The second-order valence-electron chi connectivity index (χ2n) is 5.59. The minimum atomic E-state index is -0.811. The van der Waals surface area contributed by atoms with Crippen LogP contribution in [0.25, 0.3) is 6.08 Å². The summed E-state index contributed by atoms with van der Waals surface area (Å²) in [5, 5.41) is 2.65. The van der Waals surface area contributed by atoms with Gasteiger partial charge >= 0.3 is 6.03 Å². The molecule has 8 heteroatoms. The Hall–Kier alpha value is -2.64. The molecule has 1 aliphatic rings. The lowest BCUT2D eigenvalue weighted by molar-refractivity contribution is -0.122. The minimum Gasteiger partial charge on any atom is -0.494 e. The van der Waals surface area contributed by atoms with Gasteiger partial charge in [0.1, 0.15) is 11.3 Å². The van der Waals surface area contributed by atoms with E-state index in [-0.39, 0.29) is 5.57 Å². The molecule has 1 heterocycles. The van der Waals surface area contributed by atoms with E-state index in [1.165, 1.54) is 18.2 Å². The number of rotatable bonds is 4. The van der Waals surface area contributed by atoms with Gasteiger partial charge in [-0.3, -0.25) is 14.9 Å². The van der Waals surface area contributed by atoms with Gasteiger partial charge < -0.3 is 4.74 Å². The van der Waals surface area contributed by atoms with Crippen LogP contribution in [0.5, 0.6) is 5.75 Å². The van der Waals surface area contributed by atoms with Crippen molar-refractivity contribution in [3.8, 4) is 5.75 Å². The van der Waals surface area contributed by atoms with E-state index in [1.54, 1.807) is 30.3 Å². The number of nitrogens with one attached hydrogen (secondary N) is 1. The Bertz CT molecular complexity index is 957. The molecule has 0 saturated carbocycles. The summed E-state index contributed by atoms with van der Waals surface area (Å²) in [5.41, 5.74) is 0.728. The lowest BCUT2D eigenvalue weighted by Crippen LogP contribution is -2.54. The number of carbonyl (C=O) groups excluding carboxylic acids is 3. The molecule has 0 bridgehead atoms. The first-order chi connectivity index (χ1) is 12.9. The number of hydrogen-bond acceptors (Lipinski definition) is 4. The molecule has 138 valence electrons. The van der Waals surface area contributed by atoms with Gasteiger partial charge in [-0.15, -0.1) is 0 Å². The monoisotopic (exact) mass is 448 g/mol. The molecule has 1 saturated heterocycles. The maximum Gasteiger partial charge on any atom is 0.335 e. The highest BCUT2D eigenvalue weighted by atomic mass is 79.9. The van der Waals surface area contributed by atoms with Crippen LogP contribution in [-0.2, 0) is 9.59 Å². The average molecular weight is 450 g/mol. The van der Waals surface area contributed by atoms with Crippen LogP contribution >= 0.6 is 27.5 Å². The van der Waals surface area contributed by atoms with Gasteiger partial charge in [0.2, 0.25) is 0 Å². The highest BCUT2D eigenvalue weighted by Gasteiger charge is 2.36. The molecule has 2 aromatic carbocycles. The first kappa shape index (κ1) is 19.1. The molecule has 0 radical (unpaired) electrons. The van der Waals surface area contributed by atoms with Crippen LogP contribution in [0.4, 0.5) is 10.5 Å². The zero-order valence-corrected chi connectivity index (χ0v) is 16.5. The number of anilines is 1. The Labute approximate surface area is 168 Å². The molecule has 0 aromatic heterocycles. The molecule has 1 N–H and O–H groups in total. The van der Waals surface area contributed by atoms with E-state index in [9.17, 15) is 14.4 Å². The molecule has 1 aliphatic heterocycles. The number of halogens is 2. The molecule has 6 nitrogen and oxygen atoms in total. The molecular formula is C19H14BrClN2O4. The van der Waals surface area contributed by atoms with E-state index in [4.69, 9.17) is 16.3 Å². The number of urea groups is 1. The fourth-order valence-electron chi connectivity index (χ4n) is 2.57. The van der Waals surface area contributed by atoms with Gasteiger partial charge in [0.15, 0.2) is 0 Å². The topological polar surface area (TPSA) is 75.7 Å². The first-order valence-corrected chi connectivity index (χ1v) is 9.16. The van der Waals surface area contributed by atoms with Crippen LogP contribution in [0, 0.1) is 0 Å². The van der Waals surface area contributed by atoms with Crippen molar-refractivity contribution in [1.29, 1.82) is 0 Å². The predicted molar refractivity (Wildman–Crippen MR) is 106 cm³/mol. The zero-order valence-electron chi connectivity index (χ0n) is 14.2. The van der Waals surface area contributed by atoms with Crippen LogP contribution in [0.15, 0.2) is 52.5 Å². The van der Waals surface area contributed by atoms with Crippen molar-refractivity contribution in [1.82, 2.24) is 5.32 Å². The summed E-state index contributed by atoms with van der Waals surface area (Å²) < 4.78 is 6.20. The number of imide groups is 2. The first-order valence-electron chi connectivity index (χ1n) is 7.99.